The van der Waals surface area contributed by atoms with Crippen LogP contribution in [0, 0.1) is 6.92 Å². The van der Waals surface area contributed by atoms with Gasteiger partial charge in [0.2, 0.25) is 0 Å². The van der Waals surface area contributed by atoms with E-state index in [0.717, 1.165) is 43.1 Å². The highest BCUT2D eigenvalue weighted by atomic mass is 19.3. The molecule has 2 N–H and O–H groups in total. The maximum absolute atomic E-state index is 12.4. The van der Waals surface area contributed by atoms with E-state index in [1.807, 2.05) is 32.0 Å². The van der Waals surface area contributed by atoms with Crippen molar-refractivity contribution >= 4 is 17.5 Å². The summed E-state index contributed by atoms with van der Waals surface area (Å²) in [6, 6.07) is 8.01. The Morgan fingerprint density at radius 3 is 2.33 bits per heavy atom. The number of ether oxygens (including phenoxy) is 1. The molecule has 7 nitrogen and oxygen atoms in total. The molecule has 30 heavy (non-hydrogen) atoms. The Morgan fingerprint density at radius 2 is 1.73 bits per heavy atom. The number of carbonyl (C=O) groups is 1. The van der Waals surface area contributed by atoms with Gasteiger partial charge in [-0.15, -0.1) is 0 Å². The molecule has 0 atom stereocenters. The minimum Gasteiger partial charge on any atom is -0.435 e. The number of rotatable bonds is 7. The fourth-order valence-corrected chi connectivity index (χ4v) is 3.50. The lowest BCUT2D eigenvalue weighted by molar-refractivity contribution is -0.0498. The van der Waals surface area contributed by atoms with Gasteiger partial charge in [-0.1, -0.05) is 0 Å². The molecule has 1 aromatic heterocycles. The molecule has 1 aliphatic rings. The Hall–Kier alpha value is -2.97. The Morgan fingerprint density at radius 1 is 1.10 bits per heavy atom. The third-order valence-electron chi connectivity index (χ3n) is 5.04. The second-order valence-electron chi connectivity index (χ2n) is 7.62. The van der Waals surface area contributed by atoms with Crippen molar-refractivity contribution in [3.8, 4) is 5.75 Å². The molecular formula is C21H27F2N5O2. The standard InChI is InChI=1S/C21H27F2N5O2/c1-13-24-18(12-19(25-13)28(2)3)26-15-6-8-16(9-7-15)27-20(29)14-4-10-17(11-5-14)30-21(22)23/h4-5,10-12,15-16,21H,6-9H2,1-3H3,(H,27,29)(H,24,25,26). The lowest BCUT2D eigenvalue weighted by Crippen LogP contribution is -2.40. The number of alkyl halides is 2. The van der Waals surface area contributed by atoms with Gasteiger partial charge >= 0.3 is 6.61 Å². The van der Waals surface area contributed by atoms with Crippen LogP contribution in [-0.2, 0) is 0 Å². The number of halogens is 2. The minimum absolute atomic E-state index is 0.0329. The summed E-state index contributed by atoms with van der Waals surface area (Å²) in [5, 5.41) is 6.50. The molecule has 0 aliphatic heterocycles. The second kappa shape index (κ2) is 9.69. The summed E-state index contributed by atoms with van der Waals surface area (Å²) >= 11 is 0. The predicted molar refractivity (Wildman–Crippen MR) is 111 cm³/mol. The molecule has 9 heteroatoms. The van der Waals surface area contributed by atoms with Gasteiger partial charge in [0.05, 0.1) is 0 Å². The highest BCUT2D eigenvalue weighted by Crippen LogP contribution is 2.23. The average molecular weight is 419 g/mol. The Balaban J connectivity index is 1.49. The van der Waals surface area contributed by atoms with Crippen LogP contribution in [0.25, 0.3) is 0 Å². The van der Waals surface area contributed by atoms with Crippen LogP contribution in [0.5, 0.6) is 5.75 Å². The van der Waals surface area contributed by atoms with Gasteiger partial charge in [-0.05, 0) is 56.9 Å². The summed E-state index contributed by atoms with van der Waals surface area (Å²) in [5.41, 5.74) is 0.421. The van der Waals surface area contributed by atoms with E-state index >= 15 is 0 Å². The average Bonchev–Trinajstić information content (AvgIpc) is 2.69. The van der Waals surface area contributed by atoms with Crippen molar-refractivity contribution < 1.29 is 18.3 Å². The fourth-order valence-electron chi connectivity index (χ4n) is 3.50. The van der Waals surface area contributed by atoms with Crippen molar-refractivity contribution in [3.05, 3.63) is 41.7 Å². The predicted octanol–water partition coefficient (Wildman–Crippen LogP) is 3.61. The van der Waals surface area contributed by atoms with Gasteiger partial charge in [-0.25, -0.2) is 9.97 Å². The van der Waals surface area contributed by atoms with Crippen LogP contribution in [0.3, 0.4) is 0 Å². The maximum atomic E-state index is 12.4. The van der Waals surface area contributed by atoms with Crippen LogP contribution < -0.4 is 20.3 Å². The van der Waals surface area contributed by atoms with Crippen molar-refractivity contribution in [2.24, 2.45) is 0 Å². The van der Waals surface area contributed by atoms with E-state index in [9.17, 15) is 13.6 Å². The van der Waals surface area contributed by atoms with Gasteiger partial charge in [0, 0.05) is 37.8 Å². The first kappa shape index (κ1) is 21.7. The number of anilines is 2. The van der Waals surface area contributed by atoms with Crippen LogP contribution in [0.4, 0.5) is 20.4 Å². The van der Waals surface area contributed by atoms with Gasteiger partial charge in [0.1, 0.15) is 23.2 Å². The number of carbonyl (C=O) groups excluding carboxylic acids is 1. The second-order valence-corrected chi connectivity index (χ2v) is 7.62. The van der Waals surface area contributed by atoms with Crippen molar-refractivity contribution in [1.82, 2.24) is 15.3 Å². The normalized spacial score (nSPS) is 18.7. The zero-order valence-electron chi connectivity index (χ0n) is 17.4. The first-order chi connectivity index (χ1) is 14.3. The van der Waals surface area contributed by atoms with E-state index in [2.05, 4.69) is 25.3 Å². The monoisotopic (exact) mass is 419 g/mol. The number of aromatic nitrogens is 2. The van der Waals surface area contributed by atoms with Gasteiger partial charge in [-0.3, -0.25) is 4.79 Å². The van der Waals surface area contributed by atoms with Crippen LogP contribution in [0.2, 0.25) is 0 Å². The summed E-state index contributed by atoms with van der Waals surface area (Å²) < 4.78 is 28.7. The van der Waals surface area contributed by atoms with Crippen molar-refractivity contribution in [3.63, 3.8) is 0 Å². The van der Waals surface area contributed by atoms with Crippen LogP contribution in [0.1, 0.15) is 41.9 Å². The molecule has 1 amide bonds. The smallest absolute Gasteiger partial charge is 0.387 e. The van der Waals surface area contributed by atoms with E-state index in [0.29, 0.717) is 5.56 Å². The number of hydrogen-bond acceptors (Lipinski definition) is 6. The number of hydrogen-bond donors (Lipinski definition) is 2. The molecule has 1 fully saturated rings. The molecule has 1 saturated carbocycles. The number of benzene rings is 1. The first-order valence-corrected chi connectivity index (χ1v) is 9.95. The molecule has 0 saturated heterocycles. The van der Waals surface area contributed by atoms with Crippen molar-refractivity contribution in [2.75, 3.05) is 24.3 Å². The third kappa shape index (κ3) is 6.01. The van der Waals surface area contributed by atoms with E-state index in [-0.39, 0.29) is 23.7 Å². The zero-order chi connectivity index (χ0) is 21.7. The Bertz CT molecular complexity index is 853. The molecular weight excluding hydrogens is 392 g/mol. The molecule has 2 aromatic rings. The molecule has 1 aromatic carbocycles. The maximum Gasteiger partial charge on any atom is 0.387 e. The highest BCUT2D eigenvalue weighted by Gasteiger charge is 2.23. The van der Waals surface area contributed by atoms with Crippen LogP contribution in [-0.4, -0.2) is 48.7 Å². The third-order valence-corrected chi connectivity index (χ3v) is 5.04. The van der Waals surface area contributed by atoms with Crippen LogP contribution in [0.15, 0.2) is 30.3 Å². The molecule has 0 radical (unpaired) electrons. The SMILES string of the molecule is Cc1nc(NC2CCC(NC(=O)c3ccc(OC(F)F)cc3)CC2)cc(N(C)C)n1. The summed E-state index contributed by atoms with van der Waals surface area (Å²) in [6.45, 7) is -1.01. The summed E-state index contributed by atoms with van der Waals surface area (Å²) in [4.78, 5) is 23.2. The van der Waals surface area contributed by atoms with E-state index in [4.69, 9.17) is 0 Å². The largest absolute Gasteiger partial charge is 0.435 e. The van der Waals surface area contributed by atoms with Crippen LogP contribution >= 0.6 is 0 Å². The van der Waals surface area contributed by atoms with Gasteiger partial charge in [0.15, 0.2) is 0 Å². The minimum atomic E-state index is -2.88. The quantitative estimate of drug-likeness (QED) is 0.714. The lowest BCUT2D eigenvalue weighted by Gasteiger charge is -2.30. The van der Waals surface area contributed by atoms with E-state index in [1.54, 1.807) is 0 Å². The van der Waals surface area contributed by atoms with Crippen molar-refractivity contribution in [1.29, 1.82) is 0 Å². The first-order valence-electron chi connectivity index (χ1n) is 9.95. The van der Waals surface area contributed by atoms with E-state index in [1.165, 1.54) is 24.3 Å². The summed E-state index contributed by atoms with van der Waals surface area (Å²) in [6.07, 6.45) is 3.51. The number of nitrogens with zero attached hydrogens (tertiary/aromatic N) is 3. The number of nitrogens with one attached hydrogen (secondary N) is 2. The number of aryl methyl sites for hydroxylation is 1. The van der Waals surface area contributed by atoms with Gasteiger partial charge in [-0.2, -0.15) is 8.78 Å². The molecule has 0 unspecified atom stereocenters. The molecule has 162 valence electrons. The number of amides is 1. The molecule has 1 heterocycles. The van der Waals surface area contributed by atoms with Crippen molar-refractivity contribution in [2.45, 2.75) is 51.3 Å². The molecule has 3 rings (SSSR count). The molecule has 0 bridgehead atoms. The van der Waals surface area contributed by atoms with E-state index < -0.39 is 6.61 Å². The lowest BCUT2D eigenvalue weighted by atomic mass is 9.91. The fraction of sp³-hybridized carbons (Fsp3) is 0.476. The zero-order valence-corrected chi connectivity index (χ0v) is 17.4. The summed E-state index contributed by atoms with van der Waals surface area (Å²) in [5.74, 6) is 2.21. The van der Waals surface area contributed by atoms with Gasteiger partial charge < -0.3 is 20.3 Å². The topological polar surface area (TPSA) is 79.4 Å². The Labute approximate surface area is 174 Å². The summed E-state index contributed by atoms with van der Waals surface area (Å²) in [7, 11) is 3.89. The highest BCUT2D eigenvalue weighted by molar-refractivity contribution is 5.94. The molecule has 0 spiro atoms. The molecule has 1 aliphatic carbocycles. The Kier molecular flexibility index (Phi) is 7.02. The van der Waals surface area contributed by atoms with Gasteiger partial charge in [0.25, 0.3) is 5.91 Å².